The maximum atomic E-state index is 13.4. The Morgan fingerprint density at radius 1 is 1.05 bits per heavy atom. The van der Waals surface area contributed by atoms with Gasteiger partial charge in [-0.15, -0.1) is 0 Å². The first kappa shape index (κ1) is 26.1. The van der Waals surface area contributed by atoms with Crippen molar-refractivity contribution in [1.82, 2.24) is 4.98 Å². The largest absolute Gasteiger partial charge is 0.507 e. The molecule has 3 aromatic rings. The average Bonchev–Trinajstić information content (AvgIpc) is 3.37. The van der Waals surface area contributed by atoms with E-state index in [0.717, 1.165) is 22.5 Å². The van der Waals surface area contributed by atoms with Gasteiger partial charge in [-0.1, -0.05) is 41.2 Å². The van der Waals surface area contributed by atoms with Crippen LogP contribution in [0, 0.1) is 20.8 Å². The molecule has 0 aliphatic carbocycles. The van der Waals surface area contributed by atoms with Crippen molar-refractivity contribution in [2.45, 2.75) is 40.7 Å². The smallest absolute Gasteiger partial charge is 0.350 e. The summed E-state index contributed by atoms with van der Waals surface area (Å²) in [6, 6.07) is 11.5. The lowest BCUT2D eigenvalue weighted by atomic mass is 9.94. The molecule has 1 aliphatic rings. The van der Waals surface area contributed by atoms with Crippen LogP contribution in [0.2, 0.25) is 0 Å². The summed E-state index contributed by atoms with van der Waals surface area (Å²) in [5.74, 6) is -1.84. The summed E-state index contributed by atoms with van der Waals surface area (Å²) < 4.78 is 10.7. The molecule has 0 bridgehead atoms. The van der Waals surface area contributed by atoms with Crippen molar-refractivity contribution >= 4 is 39.9 Å². The Balaban J connectivity index is 1.89. The number of anilines is 1. The summed E-state index contributed by atoms with van der Waals surface area (Å²) in [6.07, 6.45) is 0. The van der Waals surface area contributed by atoms with Crippen LogP contribution in [0.15, 0.2) is 48.0 Å². The third kappa shape index (κ3) is 4.86. The standard InChI is InChI=1S/C28H28N2O6S/c1-6-35-20-13-12-19(14-16(20)4)23(31)21-22(18-10-8-15(3)9-11-18)30(26(33)24(21)32)28-29-17(5)25(37-28)27(34)36-7-2/h8-14,22,31H,6-7H2,1-5H3. The van der Waals surface area contributed by atoms with E-state index in [4.69, 9.17) is 9.47 Å². The molecule has 192 valence electrons. The van der Waals surface area contributed by atoms with Gasteiger partial charge in [-0.25, -0.2) is 9.78 Å². The summed E-state index contributed by atoms with van der Waals surface area (Å²) >= 11 is 0.978. The Kier molecular flexibility index (Phi) is 7.45. The van der Waals surface area contributed by atoms with Gasteiger partial charge in [-0.3, -0.25) is 14.5 Å². The predicted molar refractivity (Wildman–Crippen MR) is 141 cm³/mol. The van der Waals surface area contributed by atoms with Gasteiger partial charge in [0.05, 0.1) is 30.5 Å². The van der Waals surface area contributed by atoms with Crippen LogP contribution >= 0.6 is 11.3 Å². The molecule has 1 aromatic heterocycles. The van der Waals surface area contributed by atoms with E-state index in [-0.39, 0.29) is 27.9 Å². The minimum absolute atomic E-state index is 0.0528. The highest BCUT2D eigenvalue weighted by Crippen LogP contribution is 2.44. The van der Waals surface area contributed by atoms with Gasteiger partial charge in [0, 0.05) is 5.56 Å². The number of rotatable bonds is 7. The molecular formula is C28H28N2O6S. The average molecular weight is 521 g/mol. The second kappa shape index (κ2) is 10.6. The summed E-state index contributed by atoms with van der Waals surface area (Å²) in [7, 11) is 0. The van der Waals surface area contributed by atoms with Gasteiger partial charge in [-0.2, -0.15) is 0 Å². The molecule has 1 fully saturated rings. The number of ketones is 1. The third-order valence-corrected chi connectivity index (χ3v) is 7.17. The van der Waals surface area contributed by atoms with Gasteiger partial charge in [0.25, 0.3) is 5.78 Å². The van der Waals surface area contributed by atoms with Crippen LogP contribution in [0.5, 0.6) is 5.75 Å². The number of benzene rings is 2. The van der Waals surface area contributed by atoms with E-state index in [1.54, 1.807) is 32.0 Å². The number of esters is 1. The van der Waals surface area contributed by atoms with Crippen LogP contribution in [0.1, 0.15) is 57.5 Å². The number of amides is 1. The second-order valence-electron chi connectivity index (χ2n) is 8.62. The molecule has 2 heterocycles. The minimum atomic E-state index is -0.937. The van der Waals surface area contributed by atoms with Crippen LogP contribution in [0.4, 0.5) is 5.13 Å². The first-order valence-corrected chi connectivity index (χ1v) is 12.7. The van der Waals surface area contributed by atoms with E-state index in [0.29, 0.717) is 29.2 Å². The van der Waals surface area contributed by atoms with E-state index < -0.39 is 23.7 Å². The Labute approximate surface area is 219 Å². The highest BCUT2D eigenvalue weighted by molar-refractivity contribution is 7.17. The van der Waals surface area contributed by atoms with Gasteiger partial charge in [-0.05, 0) is 63.9 Å². The number of aromatic nitrogens is 1. The van der Waals surface area contributed by atoms with Crippen LogP contribution < -0.4 is 9.64 Å². The normalized spacial score (nSPS) is 16.8. The molecular weight excluding hydrogens is 492 g/mol. The Morgan fingerprint density at radius 2 is 1.76 bits per heavy atom. The molecule has 0 spiro atoms. The molecule has 1 amide bonds. The number of thiazole rings is 1. The molecule has 9 heteroatoms. The molecule has 4 rings (SSSR count). The number of ether oxygens (including phenoxy) is 2. The lowest BCUT2D eigenvalue weighted by Gasteiger charge is -2.23. The highest BCUT2D eigenvalue weighted by atomic mass is 32.1. The van der Waals surface area contributed by atoms with E-state index in [2.05, 4.69) is 4.98 Å². The van der Waals surface area contributed by atoms with Crippen molar-refractivity contribution in [3.05, 3.63) is 80.9 Å². The summed E-state index contributed by atoms with van der Waals surface area (Å²) in [6.45, 7) is 9.68. The van der Waals surface area contributed by atoms with E-state index in [1.165, 1.54) is 4.90 Å². The zero-order valence-electron chi connectivity index (χ0n) is 21.3. The zero-order chi connectivity index (χ0) is 26.9. The van der Waals surface area contributed by atoms with Crippen molar-refractivity contribution < 1.29 is 29.0 Å². The number of aliphatic hydroxyl groups excluding tert-OH is 1. The van der Waals surface area contributed by atoms with Gasteiger partial charge in [0.2, 0.25) is 0 Å². The number of nitrogens with zero attached hydrogens (tertiary/aromatic N) is 2. The van der Waals surface area contributed by atoms with Gasteiger partial charge in [0.15, 0.2) is 5.13 Å². The monoisotopic (exact) mass is 520 g/mol. The quantitative estimate of drug-likeness (QED) is 0.196. The fraction of sp³-hybridized carbons (Fsp3) is 0.286. The third-order valence-electron chi connectivity index (χ3n) is 6.04. The summed E-state index contributed by atoms with van der Waals surface area (Å²) in [4.78, 5) is 45.1. The molecule has 37 heavy (non-hydrogen) atoms. The molecule has 1 aliphatic heterocycles. The Hall–Kier alpha value is -3.98. The first-order chi connectivity index (χ1) is 17.7. The number of Topliss-reactive ketones (excluding diaryl/α,β-unsaturated/α-hetero) is 1. The molecule has 0 saturated carbocycles. The van der Waals surface area contributed by atoms with Crippen molar-refractivity contribution in [3.63, 3.8) is 0 Å². The van der Waals surface area contributed by atoms with Crippen molar-refractivity contribution in [2.24, 2.45) is 0 Å². The van der Waals surface area contributed by atoms with Gasteiger partial charge in [0.1, 0.15) is 16.4 Å². The molecule has 1 N–H and O–H groups in total. The minimum Gasteiger partial charge on any atom is -0.507 e. The number of hydrogen-bond donors (Lipinski definition) is 1. The van der Waals surface area contributed by atoms with E-state index >= 15 is 0 Å². The van der Waals surface area contributed by atoms with Crippen LogP contribution in [0.3, 0.4) is 0 Å². The molecule has 1 unspecified atom stereocenters. The Bertz CT molecular complexity index is 1410. The fourth-order valence-corrected chi connectivity index (χ4v) is 5.22. The lowest BCUT2D eigenvalue weighted by Crippen LogP contribution is -2.29. The molecule has 8 nitrogen and oxygen atoms in total. The summed E-state index contributed by atoms with van der Waals surface area (Å²) in [5.41, 5.74) is 3.13. The van der Waals surface area contributed by atoms with Gasteiger partial charge < -0.3 is 14.6 Å². The van der Waals surface area contributed by atoms with Crippen molar-refractivity contribution in [2.75, 3.05) is 18.1 Å². The first-order valence-electron chi connectivity index (χ1n) is 11.9. The highest BCUT2D eigenvalue weighted by Gasteiger charge is 2.48. The van der Waals surface area contributed by atoms with E-state index in [9.17, 15) is 19.5 Å². The molecule has 0 radical (unpaired) electrons. The SMILES string of the molecule is CCOC(=O)c1sc(N2C(=O)C(=O)C(=C(O)c3ccc(OCC)c(C)c3)C2c2ccc(C)cc2)nc1C. The summed E-state index contributed by atoms with van der Waals surface area (Å²) in [5, 5.41) is 11.5. The maximum Gasteiger partial charge on any atom is 0.350 e. The van der Waals surface area contributed by atoms with Crippen LogP contribution in [0.25, 0.3) is 5.76 Å². The molecule has 1 atom stereocenters. The lowest BCUT2D eigenvalue weighted by molar-refractivity contribution is -0.132. The van der Waals surface area contributed by atoms with Crippen molar-refractivity contribution in [3.8, 4) is 5.75 Å². The van der Waals surface area contributed by atoms with Crippen LogP contribution in [-0.4, -0.2) is 41.0 Å². The number of aryl methyl sites for hydroxylation is 3. The maximum absolute atomic E-state index is 13.4. The molecule has 1 saturated heterocycles. The topological polar surface area (TPSA) is 106 Å². The number of carbonyl (C=O) groups excluding carboxylic acids is 3. The zero-order valence-corrected chi connectivity index (χ0v) is 22.1. The van der Waals surface area contributed by atoms with Crippen LogP contribution in [-0.2, 0) is 14.3 Å². The fourth-order valence-electron chi connectivity index (χ4n) is 4.23. The number of carbonyl (C=O) groups is 3. The molecule has 2 aromatic carbocycles. The van der Waals surface area contributed by atoms with Gasteiger partial charge >= 0.3 is 11.9 Å². The second-order valence-corrected chi connectivity index (χ2v) is 9.60. The Morgan fingerprint density at radius 3 is 2.38 bits per heavy atom. The van der Waals surface area contributed by atoms with Crippen molar-refractivity contribution in [1.29, 1.82) is 0 Å². The number of hydrogen-bond acceptors (Lipinski definition) is 8. The predicted octanol–water partition coefficient (Wildman–Crippen LogP) is 5.27. The number of aliphatic hydroxyl groups is 1. The van der Waals surface area contributed by atoms with E-state index in [1.807, 2.05) is 45.0 Å².